The summed E-state index contributed by atoms with van der Waals surface area (Å²) in [6.07, 6.45) is 0.388. The number of hydrogen-bond donors (Lipinski definition) is 1. The van der Waals surface area contributed by atoms with Crippen molar-refractivity contribution in [1.82, 2.24) is 5.32 Å². The number of halogens is 1. The van der Waals surface area contributed by atoms with Crippen LogP contribution in [0.3, 0.4) is 0 Å². The zero-order chi connectivity index (χ0) is 16.7. The normalized spacial score (nSPS) is 11.6. The number of rotatable bonds is 6. The van der Waals surface area contributed by atoms with Crippen LogP contribution in [0.1, 0.15) is 22.8 Å². The van der Waals surface area contributed by atoms with Crippen LogP contribution in [-0.4, -0.2) is 24.5 Å². The molecule has 1 unspecified atom stereocenters. The van der Waals surface area contributed by atoms with E-state index >= 15 is 0 Å². The van der Waals surface area contributed by atoms with Crippen LogP contribution in [0.2, 0.25) is 0 Å². The number of carbonyl (C=O) groups is 2. The third-order valence-electron chi connectivity index (χ3n) is 3.25. The van der Waals surface area contributed by atoms with Crippen LogP contribution in [0, 0.1) is 0 Å². The highest BCUT2D eigenvalue weighted by molar-refractivity contribution is 9.10. The third kappa shape index (κ3) is 5.21. The van der Waals surface area contributed by atoms with Crippen LogP contribution < -0.4 is 5.32 Å². The molecule has 2 aromatic carbocycles. The van der Waals surface area contributed by atoms with E-state index < -0.39 is 12.0 Å². The Morgan fingerprint density at radius 2 is 1.87 bits per heavy atom. The minimum Gasteiger partial charge on any atom is -0.464 e. The Morgan fingerprint density at radius 3 is 2.52 bits per heavy atom. The first-order valence-electron chi connectivity index (χ1n) is 7.37. The van der Waals surface area contributed by atoms with Gasteiger partial charge in [0.15, 0.2) is 0 Å². The molecule has 2 aromatic rings. The molecule has 0 saturated carbocycles. The van der Waals surface area contributed by atoms with E-state index in [9.17, 15) is 9.59 Å². The summed E-state index contributed by atoms with van der Waals surface area (Å²) >= 11 is 3.33. The van der Waals surface area contributed by atoms with Crippen molar-refractivity contribution in [3.05, 3.63) is 70.2 Å². The summed E-state index contributed by atoms with van der Waals surface area (Å²) in [7, 11) is 0. The summed E-state index contributed by atoms with van der Waals surface area (Å²) in [6, 6.07) is 15.8. The van der Waals surface area contributed by atoms with Gasteiger partial charge in [0.1, 0.15) is 6.04 Å². The third-order valence-corrected chi connectivity index (χ3v) is 3.74. The van der Waals surface area contributed by atoms with Crippen molar-refractivity contribution >= 4 is 27.8 Å². The minimum atomic E-state index is -0.719. The summed E-state index contributed by atoms with van der Waals surface area (Å²) in [5.41, 5.74) is 1.45. The Morgan fingerprint density at radius 1 is 1.13 bits per heavy atom. The smallest absolute Gasteiger partial charge is 0.328 e. The fraction of sp³-hybridized carbons (Fsp3) is 0.222. The molecule has 5 heteroatoms. The number of carbonyl (C=O) groups excluding carboxylic acids is 2. The molecule has 0 aliphatic heterocycles. The molecule has 0 aliphatic carbocycles. The number of hydrogen-bond acceptors (Lipinski definition) is 3. The predicted octanol–water partition coefficient (Wildman–Crippen LogP) is 3.35. The number of amides is 1. The van der Waals surface area contributed by atoms with Gasteiger partial charge in [0, 0.05) is 16.5 Å². The Bertz CT molecular complexity index is 673. The van der Waals surface area contributed by atoms with Gasteiger partial charge in [0.25, 0.3) is 5.91 Å². The molecular weight excluding hydrogens is 358 g/mol. The lowest BCUT2D eigenvalue weighted by atomic mass is 10.1. The maximum absolute atomic E-state index is 12.4. The van der Waals surface area contributed by atoms with Crippen molar-refractivity contribution in [1.29, 1.82) is 0 Å². The molecule has 0 heterocycles. The highest BCUT2D eigenvalue weighted by Gasteiger charge is 2.23. The summed E-state index contributed by atoms with van der Waals surface area (Å²) in [4.78, 5) is 24.5. The zero-order valence-corrected chi connectivity index (χ0v) is 14.4. The van der Waals surface area contributed by atoms with Crippen molar-refractivity contribution in [2.24, 2.45) is 0 Å². The van der Waals surface area contributed by atoms with E-state index in [0.717, 1.165) is 10.0 Å². The second kappa shape index (κ2) is 8.48. The second-order valence-electron chi connectivity index (χ2n) is 4.98. The van der Waals surface area contributed by atoms with E-state index in [4.69, 9.17) is 4.74 Å². The van der Waals surface area contributed by atoms with E-state index in [1.165, 1.54) is 0 Å². The lowest BCUT2D eigenvalue weighted by Crippen LogP contribution is -2.43. The topological polar surface area (TPSA) is 55.4 Å². The molecule has 1 N–H and O–H groups in total. The molecule has 23 heavy (non-hydrogen) atoms. The molecule has 4 nitrogen and oxygen atoms in total. The van der Waals surface area contributed by atoms with Crippen molar-refractivity contribution in [2.45, 2.75) is 19.4 Å². The number of benzene rings is 2. The van der Waals surface area contributed by atoms with Crippen molar-refractivity contribution < 1.29 is 14.3 Å². The quantitative estimate of drug-likeness (QED) is 0.787. The maximum Gasteiger partial charge on any atom is 0.328 e. The minimum absolute atomic E-state index is 0.275. The number of ether oxygens (including phenoxy) is 1. The standard InChI is InChI=1S/C18H18BrNO3/c1-2-23-18(22)16(11-13-7-4-3-5-8-13)20-17(21)14-9-6-10-15(19)12-14/h3-10,12,16H,2,11H2,1H3,(H,20,21). The predicted molar refractivity (Wildman–Crippen MR) is 92.2 cm³/mol. The van der Waals surface area contributed by atoms with Gasteiger partial charge in [-0.2, -0.15) is 0 Å². The van der Waals surface area contributed by atoms with Crippen molar-refractivity contribution in [3.8, 4) is 0 Å². The van der Waals surface area contributed by atoms with E-state index in [1.54, 1.807) is 25.1 Å². The van der Waals surface area contributed by atoms with Crippen molar-refractivity contribution in [3.63, 3.8) is 0 Å². The van der Waals surface area contributed by atoms with Crippen LogP contribution >= 0.6 is 15.9 Å². The summed E-state index contributed by atoms with van der Waals surface area (Å²) < 4.78 is 5.88. The lowest BCUT2D eigenvalue weighted by Gasteiger charge is -2.17. The van der Waals surface area contributed by atoms with Crippen LogP contribution in [0.4, 0.5) is 0 Å². The molecule has 0 fully saturated rings. The SMILES string of the molecule is CCOC(=O)C(Cc1ccccc1)NC(=O)c1cccc(Br)c1. The van der Waals surface area contributed by atoms with E-state index in [1.807, 2.05) is 36.4 Å². The molecule has 1 amide bonds. The Hall–Kier alpha value is -2.14. The van der Waals surface area contributed by atoms with Gasteiger partial charge in [0.2, 0.25) is 0 Å². The van der Waals surface area contributed by atoms with Gasteiger partial charge in [-0.15, -0.1) is 0 Å². The molecule has 2 rings (SSSR count). The largest absolute Gasteiger partial charge is 0.464 e. The number of nitrogens with one attached hydrogen (secondary N) is 1. The molecule has 0 aromatic heterocycles. The summed E-state index contributed by atoms with van der Waals surface area (Å²) in [5.74, 6) is -0.736. The van der Waals surface area contributed by atoms with Crippen LogP contribution in [0.25, 0.3) is 0 Å². The molecule has 0 saturated heterocycles. The van der Waals surface area contributed by atoms with Gasteiger partial charge in [-0.3, -0.25) is 4.79 Å². The average molecular weight is 376 g/mol. The van der Waals surface area contributed by atoms with E-state index in [0.29, 0.717) is 12.0 Å². The van der Waals surface area contributed by atoms with Gasteiger partial charge < -0.3 is 10.1 Å². The molecule has 120 valence electrons. The second-order valence-corrected chi connectivity index (χ2v) is 5.89. The molecule has 0 spiro atoms. The van der Waals surface area contributed by atoms with E-state index in [2.05, 4.69) is 21.2 Å². The fourth-order valence-corrected chi connectivity index (χ4v) is 2.56. The number of esters is 1. The van der Waals surface area contributed by atoms with Gasteiger partial charge in [-0.25, -0.2) is 4.79 Å². The Kier molecular flexibility index (Phi) is 6.35. The summed E-state index contributed by atoms with van der Waals surface area (Å²) in [5, 5.41) is 2.76. The molecule has 0 aliphatic rings. The van der Waals surface area contributed by atoms with Gasteiger partial charge in [-0.05, 0) is 30.7 Å². The van der Waals surface area contributed by atoms with Crippen molar-refractivity contribution in [2.75, 3.05) is 6.61 Å². The fourth-order valence-electron chi connectivity index (χ4n) is 2.16. The Labute approximate surface area is 144 Å². The highest BCUT2D eigenvalue weighted by atomic mass is 79.9. The first kappa shape index (κ1) is 17.2. The maximum atomic E-state index is 12.4. The Balaban J connectivity index is 2.13. The molecule has 0 bridgehead atoms. The van der Waals surface area contributed by atoms with Gasteiger partial charge in [-0.1, -0.05) is 52.3 Å². The monoisotopic (exact) mass is 375 g/mol. The van der Waals surface area contributed by atoms with Crippen LogP contribution in [-0.2, 0) is 16.0 Å². The van der Waals surface area contributed by atoms with E-state index in [-0.39, 0.29) is 12.5 Å². The average Bonchev–Trinajstić information content (AvgIpc) is 2.55. The molecule has 0 radical (unpaired) electrons. The van der Waals surface area contributed by atoms with Gasteiger partial charge >= 0.3 is 5.97 Å². The van der Waals surface area contributed by atoms with Gasteiger partial charge in [0.05, 0.1) is 6.61 Å². The highest BCUT2D eigenvalue weighted by Crippen LogP contribution is 2.12. The first-order chi connectivity index (χ1) is 11.1. The zero-order valence-electron chi connectivity index (χ0n) is 12.8. The lowest BCUT2D eigenvalue weighted by molar-refractivity contribution is -0.145. The summed E-state index contributed by atoms with van der Waals surface area (Å²) in [6.45, 7) is 2.02. The van der Waals surface area contributed by atoms with Crippen LogP contribution in [0.5, 0.6) is 0 Å². The van der Waals surface area contributed by atoms with Crippen LogP contribution in [0.15, 0.2) is 59.1 Å². The first-order valence-corrected chi connectivity index (χ1v) is 8.16. The molecule has 1 atom stereocenters. The molecular formula is C18H18BrNO3.